The van der Waals surface area contributed by atoms with Gasteiger partial charge < -0.3 is 16.1 Å². The number of hydrogen-bond donors (Lipinski definition) is 2. The van der Waals surface area contributed by atoms with Crippen LogP contribution in [0.1, 0.15) is 40.5 Å². The van der Waals surface area contributed by atoms with Crippen LogP contribution >= 0.6 is 0 Å². The van der Waals surface area contributed by atoms with E-state index in [0.29, 0.717) is 0 Å². The van der Waals surface area contributed by atoms with Gasteiger partial charge in [0, 0.05) is 17.1 Å². The van der Waals surface area contributed by atoms with Gasteiger partial charge >= 0.3 is 0 Å². The highest BCUT2D eigenvalue weighted by atomic mass is 16.1. The van der Waals surface area contributed by atoms with Gasteiger partial charge in [0.2, 0.25) is 5.91 Å². The first-order chi connectivity index (χ1) is 6.74. The molecule has 0 atom stereocenters. The second kappa shape index (κ2) is 4.97. The smallest absolute Gasteiger partial charge is 0.243 e. The fraction of sp³-hybridized carbons (Fsp3) is 0.750. The zero-order chi connectivity index (χ0) is 11.7. The number of hydrogen-bond acceptors (Lipinski definition) is 2. The lowest BCUT2D eigenvalue weighted by Gasteiger charge is -2.46. The first-order valence-electron chi connectivity index (χ1n) is 5.46. The summed E-state index contributed by atoms with van der Waals surface area (Å²) in [6, 6.07) is 0.238. The quantitative estimate of drug-likeness (QED) is 0.685. The van der Waals surface area contributed by atoms with Crippen LogP contribution < -0.4 is 10.6 Å². The lowest BCUT2D eigenvalue weighted by atomic mass is 9.79. The molecule has 1 aliphatic heterocycles. The predicted octanol–water partition coefficient (Wildman–Crippen LogP) is 0.773. The molecule has 0 bridgehead atoms. The van der Waals surface area contributed by atoms with Crippen molar-refractivity contribution in [2.75, 3.05) is 0 Å². The van der Waals surface area contributed by atoms with Gasteiger partial charge in [-0.05, 0) is 46.6 Å². The number of amides is 1. The summed E-state index contributed by atoms with van der Waals surface area (Å²) in [6.07, 6.45) is 3.24. The van der Waals surface area contributed by atoms with Crippen LogP contribution in [0.15, 0.2) is 12.7 Å². The van der Waals surface area contributed by atoms with E-state index in [0.717, 1.165) is 12.8 Å². The molecule has 0 aromatic carbocycles. The van der Waals surface area contributed by atoms with Crippen LogP contribution in [0.2, 0.25) is 0 Å². The fourth-order valence-electron chi connectivity index (χ4n) is 2.68. The van der Waals surface area contributed by atoms with Gasteiger partial charge in [0.1, 0.15) is 0 Å². The zero-order valence-corrected chi connectivity index (χ0v) is 10.7. The highest BCUT2D eigenvalue weighted by Gasteiger charge is 2.37. The molecular weight excluding hydrogens is 204 g/mol. The Labute approximate surface area is 97.8 Å². The summed E-state index contributed by atoms with van der Waals surface area (Å²) in [4.78, 5) is 11.3. The predicted molar refractivity (Wildman–Crippen MR) is 66.3 cm³/mol. The van der Waals surface area contributed by atoms with Crippen molar-refractivity contribution in [1.29, 1.82) is 0 Å². The van der Waals surface area contributed by atoms with E-state index in [9.17, 15) is 4.79 Å². The average Bonchev–Trinajstić information content (AvgIpc) is 1.97. The summed E-state index contributed by atoms with van der Waals surface area (Å²) in [5, 5.41) is 6.56. The number of carbonyl (C=O) groups is 1. The van der Waals surface area contributed by atoms with Crippen LogP contribution in [0.25, 0.3) is 0 Å². The Balaban J connectivity index is 0.00000225. The van der Waals surface area contributed by atoms with Crippen LogP contribution in [-0.4, -0.2) is 28.5 Å². The Morgan fingerprint density at radius 2 is 1.75 bits per heavy atom. The van der Waals surface area contributed by atoms with Gasteiger partial charge in [-0.15, -0.1) is 0 Å². The topological polar surface area (TPSA) is 72.6 Å². The SMILES string of the molecule is C=CC(=O)NC1CC(C)(C)NC(C)(C)C1.O. The molecule has 0 unspecified atom stereocenters. The third-order valence-electron chi connectivity index (χ3n) is 2.72. The molecule has 1 aliphatic rings. The summed E-state index contributed by atoms with van der Waals surface area (Å²) < 4.78 is 0. The van der Waals surface area contributed by atoms with Crippen molar-refractivity contribution >= 4 is 5.91 Å². The molecule has 1 rings (SSSR count). The highest BCUT2D eigenvalue weighted by molar-refractivity contribution is 5.87. The van der Waals surface area contributed by atoms with Gasteiger partial charge in [-0.3, -0.25) is 4.79 Å². The maximum absolute atomic E-state index is 11.3. The van der Waals surface area contributed by atoms with Gasteiger partial charge in [0.15, 0.2) is 0 Å². The van der Waals surface area contributed by atoms with Crippen LogP contribution in [0.5, 0.6) is 0 Å². The molecule has 4 heteroatoms. The van der Waals surface area contributed by atoms with E-state index in [4.69, 9.17) is 0 Å². The lowest BCUT2D eigenvalue weighted by molar-refractivity contribution is -0.117. The average molecular weight is 228 g/mol. The second-order valence-corrected chi connectivity index (χ2v) is 5.71. The summed E-state index contributed by atoms with van der Waals surface area (Å²) in [7, 11) is 0. The molecule has 0 spiro atoms. The van der Waals surface area contributed by atoms with Crippen LogP contribution in [0, 0.1) is 0 Å². The molecule has 0 aromatic heterocycles. The molecular formula is C12H24N2O2. The minimum absolute atomic E-state index is 0. The lowest BCUT2D eigenvalue weighted by Crippen LogP contribution is -2.62. The fourth-order valence-corrected chi connectivity index (χ4v) is 2.68. The Bertz CT molecular complexity index is 256. The zero-order valence-electron chi connectivity index (χ0n) is 10.7. The summed E-state index contributed by atoms with van der Waals surface area (Å²) in [5.74, 6) is -0.0755. The molecule has 1 fully saturated rings. The molecule has 1 amide bonds. The minimum atomic E-state index is -0.0755. The molecule has 0 saturated carbocycles. The maximum Gasteiger partial charge on any atom is 0.243 e. The van der Waals surface area contributed by atoms with Gasteiger partial charge in [-0.25, -0.2) is 0 Å². The monoisotopic (exact) mass is 228 g/mol. The molecule has 4 nitrogen and oxygen atoms in total. The number of rotatable bonds is 2. The van der Waals surface area contributed by atoms with Crippen LogP contribution in [0.3, 0.4) is 0 Å². The van der Waals surface area contributed by atoms with E-state index in [-0.39, 0.29) is 28.5 Å². The number of carbonyl (C=O) groups excluding carboxylic acids is 1. The molecule has 0 aromatic rings. The number of nitrogens with one attached hydrogen (secondary N) is 2. The maximum atomic E-state index is 11.3. The molecule has 0 aliphatic carbocycles. The Hall–Kier alpha value is -0.870. The summed E-state index contributed by atoms with van der Waals surface area (Å²) in [5.41, 5.74) is 0.141. The van der Waals surface area contributed by atoms with E-state index in [1.807, 2.05) is 0 Å². The molecule has 1 heterocycles. The van der Waals surface area contributed by atoms with E-state index in [1.54, 1.807) is 0 Å². The van der Waals surface area contributed by atoms with Crippen molar-refractivity contribution < 1.29 is 10.3 Å². The van der Waals surface area contributed by atoms with Crippen molar-refractivity contribution in [3.63, 3.8) is 0 Å². The molecule has 4 N–H and O–H groups in total. The minimum Gasteiger partial charge on any atom is -0.412 e. The second-order valence-electron chi connectivity index (χ2n) is 5.71. The van der Waals surface area contributed by atoms with E-state index in [2.05, 4.69) is 44.9 Å². The Morgan fingerprint density at radius 1 is 1.31 bits per heavy atom. The van der Waals surface area contributed by atoms with Crippen molar-refractivity contribution in [3.05, 3.63) is 12.7 Å². The first-order valence-corrected chi connectivity index (χ1v) is 5.46. The number of piperidine rings is 1. The Morgan fingerprint density at radius 3 is 2.12 bits per heavy atom. The van der Waals surface area contributed by atoms with Crippen molar-refractivity contribution in [3.8, 4) is 0 Å². The van der Waals surface area contributed by atoms with Crippen molar-refractivity contribution in [2.45, 2.75) is 57.7 Å². The normalized spacial score (nSPS) is 23.0. The first kappa shape index (κ1) is 15.1. The van der Waals surface area contributed by atoms with Crippen LogP contribution in [-0.2, 0) is 4.79 Å². The molecule has 16 heavy (non-hydrogen) atoms. The Kier molecular flexibility index (Phi) is 4.70. The van der Waals surface area contributed by atoms with E-state index >= 15 is 0 Å². The largest absolute Gasteiger partial charge is 0.412 e. The van der Waals surface area contributed by atoms with Crippen molar-refractivity contribution in [1.82, 2.24) is 10.6 Å². The molecule has 94 valence electrons. The van der Waals surface area contributed by atoms with Gasteiger partial charge in [0.05, 0.1) is 0 Å². The standard InChI is InChI=1S/C12H22N2O.H2O/c1-6-10(15)13-9-7-11(2,3)14-12(4,5)8-9;/h6,9,14H,1,7-8H2,2-5H3,(H,13,15);1H2. The van der Waals surface area contributed by atoms with E-state index < -0.39 is 0 Å². The van der Waals surface area contributed by atoms with Gasteiger partial charge in [0.25, 0.3) is 0 Å². The van der Waals surface area contributed by atoms with Gasteiger partial charge in [-0.1, -0.05) is 6.58 Å². The van der Waals surface area contributed by atoms with Gasteiger partial charge in [-0.2, -0.15) is 0 Å². The summed E-state index contributed by atoms with van der Waals surface area (Å²) in [6.45, 7) is 12.1. The molecule has 1 saturated heterocycles. The van der Waals surface area contributed by atoms with Crippen LogP contribution in [0.4, 0.5) is 0 Å². The molecule has 0 radical (unpaired) electrons. The summed E-state index contributed by atoms with van der Waals surface area (Å²) >= 11 is 0. The van der Waals surface area contributed by atoms with Crippen molar-refractivity contribution in [2.24, 2.45) is 0 Å². The highest BCUT2D eigenvalue weighted by Crippen LogP contribution is 2.28. The third-order valence-corrected chi connectivity index (χ3v) is 2.72. The van der Waals surface area contributed by atoms with E-state index in [1.165, 1.54) is 6.08 Å². The third kappa shape index (κ3) is 4.33.